The van der Waals surface area contributed by atoms with E-state index in [1.165, 1.54) is 5.56 Å². The van der Waals surface area contributed by atoms with Crippen LogP contribution >= 0.6 is 0 Å². The van der Waals surface area contributed by atoms with Gasteiger partial charge in [-0.3, -0.25) is 8.80 Å². The zero-order valence-corrected chi connectivity index (χ0v) is 33.1. The van der Waals surface area contributed by atoms with Gasteiger partial charge in [-0.05, 0) is 71.0 Å². The van der Waals surface area contributed by atoms with Crippen LogP contribution in [-0.2, 0) is 26.5 Å². The zero-order chi connectivity index (χ0) is 36.6. The van der Waals surface area contributed by atoms with Gasteiger partial charge in [0, 0.05) is 5.52 Å². The van der Waals surface area contributed by atoms with Gasteiger partial charge in [-0.1, -0.05) is 104 Å². The summed E-state index contributed by atoms with van der Waals surface area (Å²) in [5.74, 6) is 1.72. The van der Waals surface area contributed by atoms with E-state index in [0.717, 1.165) is 94.6 Å². The Labute approximate surface area is 335 Å². The third-order valence-corrected chi connectivity index (χ3v) is 11.2. The number of benzene rings is 7. The summed E-state index contributed by atoms with van der Waals surface area (Å²) in [4.78, 5) is 10.3. The minimum atomic E-state index is 0. The van der Waals surface area contributed by atoms with Crippen molar-refractivity contribution in [3.8, 4) is 17.1 Å². The van der Waals surface area contributed by atoms with Crippen molar-refractivity contribution in [2.45, 2.75) is 26.2 Å². The second-order valence-electron chi connectivity index (χ2n) is 15.5. The van der Waals surface area contributed by atoms with Gasteiger partial charge in [0.05, 0.1) is 44.1 Å². The molecule has 12 rings (SSSR count). The molecule has 0 unspecified atom stereocenters. The summed E-state index contributed by atoms with van der Waals surface area (Å²) in [6, 6.07) is 59.2. The van der Waals surface area contributed by atoms with E-state index in [4.69, 9.17) is 9.97 Å². The largest absolute Gasteiger partial charge is 2.00 e. The van der Waals surface area contributed by atoms with Gasteiger partial charge in [0.25, 0.3) is 0 Å². The van der Waals surface area contributed by atoms with Crippen LogP contribution in [0.1, 0.15) is 26.3 Å². The van der Waals surface area contributed by atoms with Crippen molar-refractivity contribution in [1.29, 1.82) is 0 Å². The van der Waals surface area contributed by atoms with Gasteiger partial charge in [-0.2, -0.15) is 12.1 Å². The molecule has 5 aromatic heterocycles. The molecule has 8 heteroatoms. The number of nitrogens with zero attached hydrogens (tertiary/aromatic N) is 7. The van der Waals surface area contributed by atoms with Crippen molar-refractivity contribution in [2.24, 2.45) is 0 Å². The van der Waals surface area contributed by atoms with Gasteiger partial charge in [-0.25, -0.2) is 9.97 Å². The fourth-order valence-electron chi connectivity index (χ4n) is 8.66. The normalized spacial score (nSPS) is 12.4. The summed E-state index contributed by atoms with van der Waals surface area (Å²) in [5, 5.41) is 2.29. The summed E-state index contributed by atoms with van der Waals surface area (Å²) in [6.07, 6.45) is 0. The van der Waals surface area contributed by atoms with Crippen LogP contribution in [0.25, 0.3) is 94.6 Å². The predicted octanol–water partition coefficient (Wildman–Crippen LogP) is 11.2. The number of hydrogen-bond donors (Lipinski definition) is 0. The van der Waals surface area contributed by atoms with Crippen LogP contribution < -0.4 is 0 Å². The molecule has 56 heavy (non-hydrogen) atoms. The van der Waals surface area contributed by atoms with Crippen LogP contribution in [0.15, 0.2) is 146 Å². The fraction of sp³-hybridized carbons (Fsp3) is 0.0833. The summed E-state index contributed by atoms with van der Waals surface area (Å²) in [7, 11) is 0. The first-order valence-electron chi connectivity index (χ1n) is 18.7. The SMILES string of the molecule is CC(C)(C)c1ccc2c(c1)n1c3ccccc3nc1n2-c1[c-]c(-n2c3[c-]c(-n4c5ccccc5n5c6ccccc6nc45)ccc3c3ccccc32)ccc1.[Pt+2]. The molecule has 0 amide bonds. The molecule has 5 heterocycles. The molecular weight excluding hydrogens is 870 g/mol. The van der Waals surface area contributed by atoms with E-state index in [-0.39, 0.29) is 26.5 Å². The van der Waals surface area contributed by atoms with Gasteiger partial charge in [0.1, 0.15) is 0 Å². The summed E-state index contributed by atoms with van der Waals surface area (Å²) in [6.45, 7) is 6.79. The van der Waals surface area contributed by atoms with Crippen molar-refractivity contribution in [1.82, 2.24) is 32.5 Å². The number of hydrogen-bond acceptors (Lipinski definition) is 2. The van der Waals surface area contributed by atoms with E-state index < -0.39 is 0 Å². The summed E-state index contributed by atoms with van der Waals surface area (Å²) < 4.78 is 11.3. The topological polar surface area (TPSA) is 49.4 Å². The average molecular weight is 903 g/mol. The molecule has 12 aromatic rings. The molecule has 0 fully saturated rings. The molecule has 0 atom stereocenters. The van der Waals surface area contributed by atoms with Gasteiger partial charge in [0.2, 0.25) is 11.6 Å². The first-order valence-corrected chi connectivity index (χ1v) is 18.7. The van der Waals surface area contributed by atoms with E-state index in [2.05, 4.69) is 195 Å². The molecule has 7 aromatic carbocycles. The first kappa shape index (κ1) is 33.0. The molecule has 0 aliphatic rings. The second kappa shape index (κ2) is 11.8. The van der Waals surface area contributed by atoms with Gasteiger partial charge in [-0.15, -0.1) is 35.7 Å². The van der Waals surface area contributed by atoms with E-state index in [1.54, 1.807) is 0 Å². The number of aromatic nitrogens is 7. The Kier molecular flexibility index (Phi) is 6.93. The van der Waals surface area contributed by atoms with Crippen LogP contribution in [0.5, 0.6) is 0 Å². The molecule has 0 aliphatic heterocycles. The Hall–Kier alpha value is -6.43. The molecule has 0 radical (unpaired) electrons. The summed E-state index contributed by atoms with van der Waals surface area (Å²) >= 11 is 0. The van der Waals surface area contributed by atoms with E-state index in [0.29, 0.717) is 0 Å². The molecular formula is C48H33N7Pt. The number of para-hydroxylation sites is 7. The van der Waals surface area contributed by atoms with Crippen LogP contribution in [0.2, 0.25) is 0 Å². The number of fused-ring (bicyclic) bond motifs is 13. The standard InChI is InChI=1S/C48H33N7.Pt/c1-48(2,3)30-23-26-43-45(27-30)55-40-20-9-6-17-37(40)50-47(55)52(43)32-14-12-13-31(28-32)51-38-18-7-4-15-34(38)35-25-24-33(29-44(35)51)53-41-21-10-11-22-42(41)54-39-19-8-5-16-36(39)49-46(53)54;/h4-27H,1-3H3;/q-2;+2. The van der Waals surface area contributed by atoms with Crippen molar-refractivity contribution in [3.05, 3.63) is 163 Å². The van der Waals surface area contributed by atoms with Crippen molar-refractivity contribution < 1.29 is 21.1 Å². The second-order valence-corrected chi connectivity index (χ2v) is 15.5. The minimum Gasteiger partial charge on any atom is -0.358 e. The Bertz CT molecular complexity index is 3550. The van der Waals surface area contributed by atoms with E-state index >= 15 is 0 Å². The average Bonchev–Trinajstić information content (AvgIpc) is 3.99. The molecule has 0 spiro atoms. The van der Waals surface area contributed by atoms with Crippen molar-refractivity contribution in [2.75, 3.05) is 0 Å². The third kappa shape index (κ3) is 4.49. The van der Waals surface area contributed by atoms with Gasteiger partial charge in [0.15, 0.2) is 0 Å². The van der Waals surface area contributed by atoms with Crippen LogP contribution in [0.4, 0.5) is 0 Å². The number of imidazole rings is 4. The van der Waals surface area contributed by atoms with E-state index in [9.17, 15) is 0 Å². The maximum atomic E-state index is 5.20. The monoisotopic (exact) mass is 902 g/mol. The quantitative estimate of drug-likeness (QED) is 0.166. The molecule has 0 aliphatic carbocycles. The Balaban J connectivity index is 0.00000363. The van der Waals surface area contributed by atoms with Crippen LogP contribution in [0, 0.1) is 12.1 Å². The Morgan fingerprint density at radius 3 is 1.64 bits per heavy atom. The number of rotatable bonds is 3. The molecule has 7 nitrogen and oxygen atoms in total. The van der Waals surface area contributed by atoms with Crippen LogP contribution in [0.3, 0.4) is 0 Å². The smallest absolute Gasteiger partial charge is 0.358 e. The Morgan fingerprint density at radius 1 is 0.429 bits per heavy atom. The zero-order valence-electron chi connectivity index (χ0n) is 30.8. The molecule has 270 valence electrons. The molecule has 0 bridgehead atoms. The third-order valence-electron chi connectivity index (χ3n) is 11.2. The van der Waals surface area contributed by atoms with Crippen molar-refractivity contribution >= 4 is 77.5 Å². The van der Waals surface area contributed by atoms with E-state index in [1.807, 2.05) is 6.07 Å². The Morgan fingerprint density at radius 2 is 0.964 bits per heavy atom. The maximum absolute atomic E-state index is 5.20. The predicted molar refractivity (Wildman–Crippen MR) is 223 cm³/mol. The summed E-state index contributed by atoms with van der Waals surface area (Å²) in [5.41, 5.74) is 14.6. The van der Waals surface area contributed by atoms with Crippen molar-refractivity contribution in [3.63, 3.8) is 0 Å². The molecule has 0 saturated heterocycles. The fourth-order valence-corrected chi connectivity index (χ4v) is 8.66. The van der Waals surface area contributed by atoms with Gasteiger partial charge >= 0.3 is 21.1 Å². The minimum absolute atomic E-state index is 0. The van der Waals surface area contributed by atoms with Crippen LogP contribution in [-0.4, -0.2) is 32.5 Å². The molecule has 0 N–H and O–H groups in total. The maximum Gasteiger partial charge on any atom is 2.00 e. The first-order chi connectivity index (χ1) is 26.9. The molecule has 0 saturated carbocycles. The van der Waals surface area contributed by atoms with Gasteiger partial charge < -0.3 is 13.7 Å².